The Kier molecular flexibility index (Phi) is 2.00. The lowest BCUT2D eigenvalue weighted by atomic mass is 10.3. The Morgan fingerprint density at radius 1 is 1.46 bits per heavy atom. The zero-order valence-electron chi connectivity index (χ0n) is 7.30. The van der Waals surface area contributed by atoms with Crippen molar-refractivity contribution in [3.8, 4) is 5.75 Å². The van der Waals surface area contributed by atoms with Crippen molar-refractivity contribution in [1.29, 1.82) is 0 Å². The van der Waals surface area contributed by atoms with E-state index in [4.69, 9.17) is 9.15 Å². The summed E-state index contributed by atoms with van der Waals surface area (Å²) in [4.78, 5) is 4.20. The van der Waals surface area contributed by atoms with Gasteiger partial charge >= 0.3 is 0 Å². The summed E-state index contributed by atoms with van der Waals surface area (Å²) in [6, 6.07) is 3.70. The molecule has 0 atom stereocenters. The van der Waals surface area contributed by atoms with Gasteiger partial charge in [-0.15, -0.1) is 0 Å². The third-order valence-corrected chi connectivity index (χ3v) is 2.39. The lowest BCUT2D eigenvalue weighted by molar-refractivity contribution is 0.411. The SMILES string of the molecule is COc1cc2oc(C)nc2cc1Br. The van der Waals surface area contributed by atoms with Crippen molar-refractivity contribution in [2.24, 2.45) is 0 Å². The van der Waals surface area contributed by atoms with Crippen LogP contribution in [-0.4, -0.2) is 12.1 Å². The van der Waals surface area contributed by atoms with Gasteiger partial charge in [0.2, 0.25) is 0 Å². The molecule has 0 unspecified atom stereocenters. The molecule has 1 heterocycles. The second-order valence-electron chi connectivity index (χ2n) is 2.69. The van der Waals surface area contributed by atoms with Gasteiger partial charge in [-0.2, -0.15) is 0 Å². The van der Waals surface area contributed by atoms with E-state index in [-0.39, 0.29) is 0 Å². The molecule has 3 nitrogen and oxygen atoms in total. The van der Waals surface area contributed by atoms with E-state index in [0.717, 1.165) is 21.3 Å². The molecule has 0 aliphatic rings. The number of aryl methyl sites for hydroxylation is 1. The van der Waals surface area contributed by atoms with Crippen LogP contribution in [0.25, 0.3) is 11.1 Å². The Morgan fingerprint density at radius 2 is 2.23 bits per heavy atom. The number of ether oxygens (including phenoxy) is 1. The Bertz CT molecular complexity index is 450. The molecule has 0 saturated carbocycles. The first-order valence-corrected chi connectivity index (χ1v) is 4.60. The van der Waals surface area contributed by atoms with Crippen LogP contribution in [0.4, 0.5) is 0 Å². The average Bonchev–Trinajstić information content (AvgIpc) is 2.42. The average molecular weight is 242 g/mol. The molecule has 0 radical (unpaired) electrons. The largest absolute Gasteiger partial charge is 0.495 e. The number of aromatic nitrogens is 1. The van der Waals surface area contributed by atoms with Gasteiger partial charge in [-0.1, -0.05) is 0 Å². The molecule has 0 amide bonds. The maximum atomic E-state index is 5.35. The molecule has 2 aromatic rings. The van der Waals surface area contributed by atoms with E-state index in [9.17, 15) is 0 Å². The molecule has 0 saturated heterocycles. The van der Waals surface area contributed by atoms with Crippen LogP contribution in [0.5, 0.6) is 5.75 Å². The molecule has 0 N–H and O–H groups in total. The van der Waals surface area contributed by atoms with Gasteiger partial charge in [-0.05, 0) is 22.0 Å². The zero-order chi connectivity index (χ0) is 9.42. The monoisotopic (exact) mass is 241 g/mol. The van der Waals surface area contributed by atoms with Gasteiger partial charge in [-0.3, -0.25) is 0 Å². The highest BCUT2D eigenvalue weighted by molar-refractivity contribution is 9.10. The Balaban J connectivity index is 2.72. The molecule has 1 aromatic heterocycles. The van der Waals surface area contributed by atoms with Crippen LogP contribution in [0, 0.1) is 6.92 Å². The van der Waals surface area contributed by atoms with Crippen molar-refractivity contribution in [1.82, 2.24) is 4.98 Å². The highest BCUT2D eigenvalue weighted by Gasteiger charge is 2.07. The van der Waals surface area contributed by atoms with Crippen molar-refractivity contribution in [2.75, 3.05) is 7.11 Å². The van der Waals surface area contributed by atoms with E-state index in [1.165, 1.54) is 0 Å². The van der Waals surface area contributed by atoms with E-state index >= 15 is 0 Å². The lowest BCUT2D eigenvalue weighted by Gasteiger charge is -2.00. The molecule has 0 aliphatic heterocycles. The van der Waals surface area contributed by atoms with Crippen molar-refractivity contribution < 1.29 is 9.15 Å². The minimum absolute atomic E-state index is 0.662. The molecule has 0 fully saturated rings. The fraction of sp³-hybridized carbons (Fsp3) is 0.222. The fourth-order valence-corrected chi connectivity index (χ4v) is 1.69. The highest BCUT2D eigenvalue weighted by atomic mass is 79.9. The van der Waals surface area contributed by atoms with Crippen molar-refractivity contribution in [2.45, 2.75) is 6.92 Å². The van der Waals surface area contributed by atoms with Gasteiger partial charge in [-0.25, -0.2) is 4.98 Å². The third-order valence-electron chi connectivity index (χ3n) is 1.77. The number of benzene rings is 1. The van der Waals surface area contributed by atoms with Crippen LogP contribution in [-0.2, 0) is 0 Å². The number of hydrogen-bond donors (Lipinski definition) is 0. The summed E-state index contributed by atoms with van der Waals surface area (Å²) in [7, 11) is 1.62. The van der Waals surface area contributed by atoms with Crippen molar-refractivity contribution in [3.63, 3.8) is 0 Å². The molecule has 2 rings (SSSR count). The highest BCUT2D eigenvalue weighted by Crippen LogP contribution is 2.30. The maximum Gasteiger partial charge on any atom is 0.192 e. The van der Waals surface area contributed by atoms with Crippen LogP contribution in [0.3, 0.4) is 0 Å². The van der Waals surface area contributed by atoms with E-state index in [0.29, 0.717) is 5.89 Å². The smallest absolute Gasteiger partial charge is 0.192 e. The van der Waals surface area contributed by atoms with E-state index in [1.54, 1.807) is 7.11 Å². The molecule has 1 aromatic carbocycles. The molecule has 0 bridgehead atoms. The molecule has 4 heteroatoms. The van der Waals surface area contributed by atoms with Crippen LogP contribution in [0.2, 0.25) is 0 Å². The van der Waals surface area contributed by atoms with Crippen LogP contribution >= 0.6 is 15.9 Å². The number of methoxy groups -OCH3 is 1. The van der Waals surface area contributed by atoms with Crippen molar-refractivity contribution >= 4 is 27.0 Å². The second kappa shape index (κ2) is 3.03. The normalized spacial score (nSPS) is 10.7. The number of halogens is 1. The van der Waals surface area contributed by atoms with Crippen LogP contribution in [0.1, 0.15) is 5.89 Å². The van der Waals surface area contributed by atoms with E-state index in [1.807, 2.05) is 19.1 Å². The first-order valence-electron chi connectivity index (χ1n) is 3.81. The summed E-state index contributed by atoms with van der Waals surface area (Å²) in [6.45, 7) is 1.82. The number of oxazole rings is 1. The van der Waals surface area contributed by atoms with Gasteiger partial charge in [0.15, 0.2) is 11.5 Å². The standard InChI is InChI=1S/C9H8BrNO2/c1-5-11-7-3-6(10)8(12-2)4-9(7)13-5/h3-4H,1-2H3. The molecular formula is C9H8BrNO2. The maximum absolute atomic E-state index is 5.35. The van der Waals surface area contributed by atoms with Gasteiger partial charge in [0.05, 0.1) is 11.6 Å². The Labute approximate surface area is 83.8 Å². The fourth-order valence-electron chi connectivity index (χ4n) is 1.20. The summed E-state index contributed by atoms with van der Waals surface area (Å²) in [6.07, 6.45) is 0. The van der Waals surface area contributed by atoms with Gasteiger partial charge in [0.25, 0.3) is 0 Å². The first-order chi connectivity index (χ1) is 6.20. The number of nitrogens with zero attached hydrogens (tertiary/aromatic N) is 1. The molecule has 0 aliphatic carbocycles. The molecule has 13 heavy (non-hydrogen) atoms. The number of hydrogen-bond acceptors (Lipinski definition) is 3. The summed E-state index contributed by atoms with van der Waals surface area (Å²) in [5.41, 5.74) is 1.59. The Morgan fingerprint density at radius 3 is 2.92 bits per heavy atom. The second-order valence-corrected chi connectivity index (χ2v) is 3.54. The molecule has 68 valence electrons. The Hall–Kier alpha value is -1.03. The quantitative estimate of drug-likeness (QED) is 0.771. The zero-order valence-corrected chi connectivity index (χ0v) is 8.88. The summed E-state index contributed by atoms with van der Waals surface area (Å²) < 4.78 is 11.4. The number of rotatable bonds is 1. The summed E-state index contributed by atoms with van der Waals surface area (Å²) in [5, 5.41) is 0. The lowest BCUT2D eigenvalue weighted by Crippen LogP contribution is -1.83. The minimum Gasteiger partial charge on any atom is -0.495 e. The first kappa shape index (κ1) is 8.56. The number of fused-ring (bicyclic) bond motifs is 1. The summed E-state index contributed by atoms with van der Waals surface area (Å²) >= 11 is 3.38. The molecule has 0 spiro atoms. The third kappa shape index (κ3) is 1.42. The summed E-state index contributed by atoms with van der Waals surface area (Å²) in [5.74, 6) is 1.42. The topological polar surface area (TPSA) is 35.3 Å². The van der Waals surface area contributed by atoms with Gasteiger partial charge < -0.3 is 9.15 Å². The predicted molar refractivity (Wildman–Crippen MR) is 53.0 cm³/mol. The van der Waals surface area contributed by atoms with Gasteiger partial charge in [0, 0.05) is 13.0 Å². The van der Waals surface area contributed by atoms with Crippen molar-refractivity contribution in [3.05, 3.63) is 22.5 Å². The minimum atomic E-state index is 0.662. The van der Waals surface area contributed by atoms with Gasteiger partial charge in [0.1, 0.15) is 11.3 Å². The predicted octanol–water partition coefficient (Wildman–Crippen LogP) is 2.91. The van der Waals surface area contributed by atoms with E-state index in [2.05, 4.69) is 20.9 Å². The molecular weight excluding hydrogens is 234 g/mol. The van der Waals surface area contributed by atoms with E-state index < -0.39 is 0 Å². The van der Waals surface area contributed by atoms with Crippen LogP contribution < -0.4 is 4.74 Å². The van der Waals surface area contributed by atoms with Crippen LogP contribution in [0.15, 0.2) is 21.0 Å².